The molecule has 1 saturated heterocycles. The van der Waals surface area contributed by atoms with Crippen LogP contribution in [0.15, 0.2) is 18.2 Å². The number of hydrogen-bond acceptors (Lipinski definition) is 2. The van der Waals surface area contributed by atoms with Crippen molar-refractivity contribution >= 4 is 39.9 Å². The Kier molecular flexibility index (Phi) is 5.15. The lowest BCUT2D eigenvalue weighted by molar-refractivity contribution is 0.374. The van der Waals surface area contributed by atoms with Crippen LogP contribution < -0.4 is 10.2 Å². The van der Waals surface area contributed by atoms with Crippen molar-refractivity contribution in [1.82, 2.24) is 5.32 Å². The Bertz CT molecular complexity index is 411. The minimum Gasteiger partial charge on any atom is -0.368 e. The molecular formula is C14H20ClIN2. The molecule has 2 atom stereocenters. The molecule has 1 aromatic rings. The molecule has 0 radical (unpaired) electrons. The van der Waals surface area contributed by atoms with Crippen molar-refractivity contribution in [3.8, 4) is 0 Å². The van der Waals surface area contributed by atoms with Crippen LogP contribution >= 0.6 is 34.2 Å². The second-order valence-corrected chi connectivity index (χ2v) is 6.57. The summed E-state index contributed by atoms with van der Waals surface area (Å²) in [4.78, 5) is 2.44. The van der Waals surface area contributed by atoms with Gasteiger partial charge in [-0.2, -0.15) is 0 Å². The van der Waals surface area contributed by atoms with Gasteiger partial charge >= 0.3 is 0 Å². The largest absolute Gasteiger partial charge is 0.368 e. The van der Waals surface area contributed by atoms with E-state index in [0.717, 1.165) is 18.1 Å². The van der Waals surface area contributed by atoms with Crippen molar-refractivity contribution in [3.63, 3.8) is 0 Å². The Morgan fingerprint density at radius 2 is 2.28 bits per heavy atom. The van der Waals surface area contributed by atoms with Gasteiger partial charge < -0.3 is 10.2 Å². The van der Waals surface area contributed by atoms with Crippen LogP contribution in [-0.2, 0) is 0 Å². The minimum atomic E-state index is 0.542. The maximum absolute atomic E-state index is 6.36. The number of piperidine rings is 1. The number of rotatable bonds is 3. The number of nitrogens with one attached hydrogen (secondary N) is 1. The zero-order valence-corrected chi connectivity index (χ0v) is 13.8. The average molecular weight is 379 g/mol. The topological polar surface area (TPSA) is 15.3 Å². The summed E-state index contributed by atoms with van der Waals surface area (Å²) < 4.78 is 1.19. The van der Waals surface area contributed by atoms with Gasteiger partial charge in [0.2, 0.25) is 0 Å². The lowest BCUT2D eigenvalue weighted by atomic mass is 9.97. The van der Waals surface area contributed by atoms with Gasteiger partial charge in [0, 0.05) is 22.2 Å². The highest BCUT2D eigenvalue weighted by Gasteiger charge is 2.26. The molecule has 100 valence electrons. The molecule has 1 heterocycles. The molecular weight excluding hydrogens is 359 g/mol. The van der Waals surface area contributed by atoms with E-state index < -0.39 is 0 Å². The smallest absolute Gasteiger partial charge is 0.0650 e. The monoisotopic (exact) mass is 378 g/mol. The predicted molar refractivity (Wildman–Crippen MR) is 87.7 cm³/mol. The van der Waals surface area contributed by atoms with E-state index in [4.69, 9.17) is 11.6 Å². The fourth-order valence-corrected chi connectivity index (χ4v) is 3.68. The van der Waals surface area contributed by atoms with Crippen molar-refractivity contribution in [2.45, 2.75) is 38.8 Å². The summed E-state index contributed by atoms with van der Waals surface area (Å²) in [5.41, 5.74) is 1.18. The van der Waals surface area contributed by atoms with Crippen LogP contribution in [0.1, 0.15) is 26.7 Å². The van der Waals surface area contributed by atoms with Crippen molar-refractivity contribution in [1.29, 1.82) is 0 Å². The van der Waals surface area contributed by atoms with E-state index in [9.17, 15) is 0 Å². The number of benzene rings is 1. The molecule has 0 amide bonds. The Balaban J connectivity index is 2.10. The van der Waals surface area contributed by atoms with Gasteiger partial charge in [-0.3, -0.25) is 0 Å². The van der Waals surface area contributed by atoms with Crippen molar-refractivity contribution in [2.75, 3.05) is 18.0 Å². The molecule has 0 spiro atoms. The molecule has 0 saturated carbocycles. The average Bonchev–Trinajstić information content (AvgIpc) is 2.31. The van der Waals surface area contributed by atoms with E-state index >= 15 is 0 Å². The fourth-order valence-electron chi connectivity index (χ4n) is 2.72. The first kappa shape index (κ1) is 14.4. The number of hydrogen-bond donors (Lipinski definition) is 1. The number of anilines is 1. The normalized spacial score (nSPS) is 24.3. The van der Waals surface area contributed by atoms with Crippen molar-refractivity contribution < 1.29 is 0 Å². The maximum Gasteiger partial charge on any atom is 0.0650 e. The zero-order valence-electron chi connectivity index (χ0n) is 10.9. The Morgan fingerprint density at radius 3 is 2.89 bits per heavy atom. The van der Waals surface area contributed by atoms with Crippen LogP contribution in [0.5, 0.6) is 0 Å². The quantitative estimate of drug-likeness (QED) is 0.802. The van der Waals surface area contributed by atoms with Gasteiger partial charge in [0.25, 0.3) is 0 Å². The molecule has 1 aromatic carbocycles. The highest BCUT2D eigenvalue weighted by Crippen LogP contribution is 2.32. The predicted octanol–water partition coefficient (Wildman–Crippen LogP) is 3.91. The first-order valence-corrected chi connectivity index (χ1v) is 8.02. The van der Waals surface area contributed by atoms with Crippen LogP contribution in [-0.4, -0.2) is 25.2 Å². The SMILES string of the molecule is CCNC1CCN(c2ccc(I)cc2Cl)C(C)C1. The second kappa shape index (κ2) is 6.44. The summed E-state index contributed by atoms with van der Waals surface area (Å²) in [5, 5.41) is 4.42. The Labute approximate surface area is 128 Å². The van der Waals surface area contributed by atoms with Crippen LogP contribution in [0.4, 0.5) is 5.69 Å². The summed E-state index contributed by atoms with van der Waals surface area (Å²) in [5.74, 6) is 0. The molecule has 1 N–H and O–H groups in total. The summed E-state index contributed by atoms with van der Waals surface area (Å²) in [6.45, 7) is 6.60. The first-order chi connectivity index (χ1) is 8.61. The molecule has 2 unspecified atom stereocenters. The molecule has 1 aliphatic rings. The van der Waals surface area contributed by atoms with Gasteiger partial charge in [0.05, 0.1) is 10.7 Å². The van der Waals surface area contributed by atoms with Crippen LogP contribution in [0.25, 0.3) is 0 Å². The molecule has 1 fully saturated rings. The molecule has 18 heavy (non-hydrogen) atoms. The molecule has 2 rings (SSSR count). The number of nitrogens with zero attached hydrogens (tertiary/aromatic N) is 1. The van der Waals surface area contributed by atoms with E-state index in [2.05, 4.69) is 58.8 Å². The lowest BCUT2D eigenvalue weighted by Crippen LogP contribution is -2.47. The lowest BCUT2D eigenvalue weighted by Gasteiger charge is -2.40. The fraction of sp³-hybridized carbons (Fsp3) is 0.571. The Hall–Kier alpha value is -0.0000000000000000555. The highest BCUT2D eigenvalue weighted by molar-refractivity contribution is 14.1. The van der Waals surface area contributed by atoms with E-state index in [1.807, 2.05) is 6.07 Å². The van der Waals surface area contributed by atoms with Crippen molar-refractivity contribution in [2.24, 2.45) is 0 Å². The Morgan fingerprint density at radius 1 is 1.50 bits per heavy atom. The highest BCUT2D eigenvalue weighted by atomic mass is 127. The van der Waals surface area contributed by atoms with Gasteiger partial charge in [-0.05, 0) is 67.1 Å². The van der Waals surface area contributed by atoms with Crippen LogP contribution in [0.3, 0.4) is 0 Å². The summed E-state index contributed by atoms with van der Waals surface area (Å²) >= 11 is 8.66. The van der Waals surface area contributed by atoms with Gasteiger partial charge in [0.15, 0.2) is 0 Å². The molecule has 0 aromatic heterocycles. The summed E-state index contributed by atoms with van der Waals surface area (Å²) in [6.07, 6.45) is 2.39. The summed E-state index contributed by atoms with van der Waals surface area (Å²) in [6, 6.07) is 7.52. The summed E-state index contributed by atoms with van der Waals surface area (Å²) in [7, 11) is 0. The van der Waals surface area contributed by atoms with Gasteiger partial charge in [-0.15, -0.1) is 0 Å². The van der Waals surface area contributed by atoms with Gasteiger partial charge in [-0.1, -0.05) is 18.5 Å². The van der Waals surface area contributed by atoms with Crippen LogP contribution in [0, 0.1) is 3.57 Å². The van der Waals surface area contributed by atoms with Crippen LogP contribution in [0.2, 0.25) is 5.02 Å². The molecule has 4 heteroatoms. The molecule has 2 nitrogen and oxygen atoms in total. The third kappa shape index (κ3) is 3.31. The van der Waals surface area contributed by atoms with E-state index in [-0.39, 0.29) is 0 Å². The standard InChI is InChI=1S/C14H20ClIN2/c1-3-17-12-6-7-18(10(2)8-12)14-5-4-11(16)9-13(14)15/h4-5,9-10,12,17H,3,6-8H2,1-2H3. The van der Waals surface area contributed by atoms with E-state index in [1.54, 1.807) is 0 Å². The molecule has 0 aliphatic carbocycles. The zero-order chi connectivity index (χ0) is 13.1. The third-order valence-corrected chi connectivity index (χ3v) is 4.56. The molecule has 0 bridgehead atoms. The molecule has 1 aliphatic heterocycles. The van der Waals surface area contributed by atoms with Gasteiger partial charge in [-0.25, -0.2) is 0 Å². The van der Waals surface area contributed by atoms with Crippen molar-refractivity contribution in [3.05, 3.63) is 26.8 Å². The third-order valence-electron chi connectivity index (χ3n) is 3.59. The first-order valence-electron chi connectivity index (χ1n) is 6.57. The minimum absolute atomic E-state index is 0.542. The van der Waals surface area contributed by atoms with E-state index in [1.165, 1.54) is 22.1 Å². The number of halogens is 2. The van der Waals surface area contributed by atoms with Gasteiger partial charge in [0.1, 0.15) is 0 Å². The maximum atomic E-state index is 6.36. The second-order valence-electron chi connectivity index (χ2n) is 4.92. The van der Waals surface area contributed by atoms with E-state index in [0.29, 0.717) is 12.1 Å².